The van der Waals surface area contributed by atoms with Crippen LogP contribution in [-0.4, -0.2) is 24.7 Å². The van der Waals surface area contributed by atoms with Crippen molar-refractivity contribution >= 4 is 16.7 Å². The molecule has 0 fully saturated rings. The van der Waals surface area contributed by atoms with Gasteiger partial charge in [0.25, 0.3) is 0 Å². The lowest BCUT2D eigenvalue weighted by molar-refractivity contribution is 0.288. The van der Waals surface area contributed by atoms with Crippen LogP contribution in [0.4, 0.5) is 5.82 Å². The van der Waals surface area contributed by atoms with Gasteiger partial charge in [-0.25, -0.2) is 4.98 Å². The Bertz CT molecular complexity index is 570. The zero-order valence-corrected chi connectivity index (χ0v) is 12.4. The molecule has 0 aliphatic rings. The van der Waals surface area contributed by atoms with Gasteiger partial charge in [0.05, 0.1) is 18.7 Å². The third-order valence-corrected chi connectivity index (χ3v) is 2.91. The summed E-state index contributed by atoms with van der Waals surface area (Å²) >= 11 is 0. The lowest BCUT2D eigenvalue weighted by Gasteiger charge is -2.12. The minimum absolute atomic E-state index is 0.610. The van der Waals surface area contributed by atoms with E-state index >= 15 is 0 Å². The van der Waals surface area contributed by atoms with Crippen LogP contribution in [0.1, 0.15) is 27.2 Å². The van der Waals surface area contributed by atoms with E-state index in [4.69, 9.17) is 9.47 Å². The molecular weight excluding hydrogens is 252 g/mol. The second-order valence-electron chi connectivity index (χ2n) is 4.48. The molecule has 0 bridgehead atoms. The first-order chi connectivity index (χ1) is 9.78. The Hall–Kier alpha value is -1.97. The van der Waals surface area contributed by atoms with Crippen LogP contribution in [0.5, 0.6) is 11.5 Å². The smallest absolute Gasteiger partial charge is 0.163 e. The van der Waals surface area contributed by atoms with Gasteiger partial charge in [-0.15, -0.1) is 0 Å². The van der Waals surface area contributed by atoms with Gasteiger partial charge >= 0.3 is 0 Å². The van der Waals surface area contributed by atoms with Crippen molar-refractivity contribution in [2.24, 2.45) is 0 Å². The van der Waals surface area contributed by atoms with Crippen LogP contribution in [0.3, 0.4) is 0 Å². The Morgan fingerprint density at radius 2 is 1.70 bits per heavy atom. The third-order valence-electron chi connectivity index (χ3n) is 2.91. The lowest BCUT2D eigenvalue weighted by atomic mass is 10.2. The Morgan fingerprint density at radius 1 is 1.00 bits per heavy atom. The molecule has 0 spiro atoms. The highest BCUT2D eigenvalue weighted by Gasteiger charge is 2.08. The molecule has 2 aromatic rings. The molecule has 0 saturated carbocycles. The topological polar surface area (TPSA) is 43.4 Å². The van der Waals surface area contributed by atoms with E-state index < -0.39 is 0 Å². The van der Waals surface area contributed by atoms with E-state index in [0.29, 0.717) is 13.2 Å². The van der Waals surface area contributed by atoms with Crippen molar-refractivity contribution in [2.75, 3.05) is 25.1 Å². The van der Waals surface area contributed by atoms with Gasteiger partial charge in [-0.3, -0.25) is 0 Å². The van der Waals surface area contributed by atoms with E-state index in [-0.39, 0.29) is 0 Å². The summed E-state index contributed by atoms with van der Waals surface area (Å²) in [4.78, 5) is 4.61. The minimum atomic E-state index is 0.610. The molecule has 1 aromatic carbocycles. The molecular formula is C16H22N2O2. The molecule has 0 saturated heterocycles. The van der Waals surface area contributed by atoms with Crippen LogP contribution >= 0.6 is 0 Å². The Morgan fingerprint density at radius 3 is 2.35 bits per heavy atom. The Kier molecular flexibility index (Phi) is 5.04. The number of fused-ring (bicyclic) bond motifs is 1. The summed E-state index contributed by atoms with van der Waals surface area (Å²) in [5, 5.41) is 4.35. The molecule has 1 heterocycles. The standard InChI is InChI=1S/C16H22N2O2/c1-4-9-17-16-8-7-12-10-14(19-5-2)15(20-6-3)11-13(12)18-16/h7-8,10-11H,4-6,9H2,1-3H3,(H,17,18). The summed E-state index contributed by atoms with van der Waals surface area (Å²) in [6.07, 6.45) is 1.08. The summed E-state index contributed by atoms with van der Waals surface area (Å²) in [6, 6.07) is 7.98. The number of ether oxygens (including phenoxy) is 2. The van der Waals surface area contributed by atoms with Crippen LogP contribution in [0.2, 0.25) is 0 Å². The zero-order chi connectivity index (χ0) is 14.4. The maximum Gasteiger partial charge on any atom is 0.163 e. The van der Waals surface area contributed by atoms with Crippen LogP contribution in [0.25, 0.3) is 10.9 Å². The van der Waals surface area contributed by atoms with E-state index in [0.717, 1.165) is 41.2 Å². The first-order valence-corrected chi connectivity index (χ1v) is 7.22. The Balaban J connectivity index is 2.39. The van der Waals surface area contributed by atoms with E-state index in [2.05, 4.69) is 23.3 Å². The van der Waals surface area contributed by atoms with Gasteiger partial charge in [0.2, 0.25) is 0 Å². The number of pyridine rings is 1. The highest BCUT2D eigenvalue weighted by atomic mass is 16.5. The molecule has 1 aromatic heterocycles. The molecule has 1 N–H and O–H groups in total. The van der Waals surface area contributed by atoms with E-state index in [1.807, 2.05) is 32.0 Å². The molecule has 0 aliphatic heterocycles. The highest BCUT2D eigenvalue weighted by molar-refractivity contribution is 5.84. The van der Waals surface area contributed by atoms with Crippen molar-refractivity contribution in [1.82, 2.24) is 4.98 Å². The summed E-state index contributed by atoms with van der Waals surface area (Å²) in [5.74, 6) is 2.42. The Labute approximate surface area is 120 Å². The fourth-order valence-corrected chi connectivity index (χ4v) is 2.02. The number of nitrogens with zero attached hydrogens (tertiary/aromatic N) is 1. The van der Waals surface area contributed by atoms with Crippen molar-refractivity contribution in [1.29, 1.82) is 0 Å². The number of anilines is 1. The predicted molar refractivity (Wildman–Crippen MR) is 82.9 cm³/mol. The third kappa shape index (κ3) is 3.32. The number of hydrogen-bond donors (Lipinski definition) is 1. The van der Waals surface area contributed by atoms with E-state index in [1.54, 1.807) is 0 Å². The number of nitrogens with one attached hydrogen (secondary N) is 1. The van der Waals surface area contributed by atoms with Crippen molar-refractivity contribution in [3.63, 3.8) is 0 Å². The SMILES string of the molecule is CCCNc1ccc2cc(OCC)c(OCC)cc2n1. The zero-order valence-electron chi connectivity index (χ0n) is 12.4. The van der Waals surface area contributed by atoms with E-state index in [9.17, 15) is 0 Å². The predicted octanol–water partition coefficient (Wildman–Crippen LogP) is 3.85. The maximum atomic E-state index is 5.63. The van der Waals surface area contributed by atoms with Crippen LogP contribution in [0.15, 0.2) is 24.3 Å². The highest BCUT2D eigenvalue weighted by Crippen LogP contribution is 2.32. The monoisotopic (exact) mass is 274 g/mol. The van der Waals surface area contributed by atoms with Gasteiger partial charge in [0.15, 0.2) is 11.5 Å². The molecule has 0 atom stereocenters. The molecule has 20 heavy (non-hydrogen) atoms. The number of hydrogen-bond acceptors (Lipinski definition) is 4. The normalized spacial score (nSPS) is 10.6. The lowest BCUT2D eigenvalue weighted by Crippen LogP contribution is -2.02. The summed E-state index contributed by atoms with van der Waals surface area (Å²) in [5.41, 5.74) is 0.915. The number of rotatable bonds is 7. The van der Waals surface area contributed by atoms with E-state index in [1.165, 1.54) is 0 Å². The minimum Gasteiger partial charge on any atom is -0.490 e. The first kappa shape index (κ1) is 14.4. The van der Waals surface area contributed by atoms with Gasteiger partial charge in [0.1, 0.15) is 5.82 Å². The van der Waals surface area contributed by atoms with Crippen molar-refractivity contribution in [3.8, 4) is 11.5 Å². The first-order valence-electron chi connectivity index (χ1n) is 7.22. The average Bonchev–Trinajstić information content (AvgIpc) is 2.46. The van der Waals surface area contributed by atoms with Gasteiger partial charge in [-0.1, -0.05) is 6.92 Å². The quantitative estimate of drug-likeness (QED) is 0.832. The van der Waals surface area contributed by atoms with Gasteiger partial charge in [-0.2, -0.15) is 0 Å². The average molecular weight is 274 g/mol. The number of benzene rings is 1. The van der Waals surface area contributed by atoms with Crippen molar-refractivity contribution in [2.45, 2.75) is 27.2 Å². The summed E-state index contributed by atoms with van der Waals surface area (Å²) < 4.78 is 11.3. The largest absolute Gasteiger partial charge is 0.490 e. The molecule has 2 rings (SSSR count). The van der Waals surface area contributed by atoms with Crippen molar-refractivity contribution in [3.05, 3.63) is 24.3 Å². The second kappa shape index (κ2) is 6.98. The van der Waals surface area contributed by atoms with Gasteiger partial charge in [-0.05, 0) is 38.5 Å². The molecule has 4 nitrogen and oxygen atoms in total. The van der Waals surface area contributed by atoms with Crippen LogP contribution in [-0.2, 0) is 0 Å². The fraction of sp³-hybridized carbons (Fsp3) is 0.438. The molecule has 0 unspecified atom stereocenters. The molecule has 4 heteroatoms. The summed E-state index contributed by atoms with van der Waals surface area (Å²) in [6.45, 7) is 8.22. The molecule has 0 amide bonds. The molecule has 108 valence electrons. The fourth-order valence-electron chi connectivity index (χ4n) is 2.02. The van der Waals surface area contributed by atoms with Gasteiger partial charge < -0.3 is 14.8 Å². The van der Waals surface area contributed by atoms with Crippen LogP contribution < -0.4 is 14.8 Å². The van der Waals surface area contributed by atoms with Crippen LogP contribution in [0, 0.1) is 0 Å². The molecule has 0 radical (unpaired) electrons. The maximum absolute atomic E-state index is 5.63. The van der Waals surface area contributed by atoms with Gasteiger partial charge in [0, 0.05) is 18.0 Å². The second-order valence-corrected chi connectivity index (χ2v) is 4.48. The molecule has 0 aliphatic carbocycles. The number of aromatic nitrogens is 1. The summed E-state index contributed by atoms with van der Waals surface area (Å²) in [7, 11) is 0. The van der Waals surface area contributed by atoms with Crippen molar-refractivity contribution < 1.29 is 9.47 Å².